The van der Waals surface area contributed by atoms with Gasteiger partial charge in [0.05, 0.1) is 128 Å². The zero-order chi connectivity index (χ0) is 53.8. The van der Waals surface area contributed by atoms with E-state index in [9.17, 15) is 9.90 Å². The van der Waals surface area contributed by atoms with Crippen LogP contribution in [0.1, 0.15) is 150 Å². The van der Waals surface area contributed by atoms with Crippen LogP contribution in [-0.2, 0) is 75.8 Å². The van der Waals surface area contributed by atoms with Crippen LogP contribution in [0.3, 0.4) is 0 Å². The average molecular weight is 1100 g/mol. The first-order valence-corrected chi connectivity index (χ1v) is 30.5. The summed E-state index contributed by atoms with van der Waals surface area (Å²) in [6.07, 6.45) is 4.86. The number of methoxy groups -OCH3 is 1. The molecule has 14 fully saturated rings. The molecule has 30 atom stereocenters. The minimum absolute atomic E-state index is 0.00333. The van der Waals surface area contributed by atoms with Gasteiger partial charge in [0.15, 0.2) is 17.4 Å². The van der Waals surface area contributed by atoms with Gasteiger partial charge < -0.3 is 81.9 Å². The SMILES string of the molecule is C=C1C[C@@H]2CC[C@]34C[C@@](C)(OC)[C@H](O3)[C@H]3C[C@@H](O4)[C@H]4O[C@H](CC[C@@H]4O3)CC(=O)O[C@@H]3[C@@H](C)[C@@H]4O[C@@H]5C[C@]6(C[C@@H]7O[C@]8(C[C@H](C)[C@@H]9O[C@H](CN)[C@H](O)C[C@@H]9O8)C[C@H](C)[C@@H]7O6)O[C@@H]5C[C@@H]4O[C@H]3C[C@H]3O[C@@H](CC[C@@H]1O2)C[C@@H](C)C3=C. The molecule has 0 aromatic heterocycles. The molecule has 0 aromatic carbocycles. The number of esters is 1. The molecule has 10 bridgehead atoms. The summed E-state index contributed by atoms with van der Waals surface area (Å²) in [5.41, 5.74) is 7.53. The third-order valence-corrected chi connectivity index (χ3v) is 21.8. The Morgan fingerprint density at radius 2 is 1.26 bits per heavy atom. The molecule has 14 saturated heterocycles. The van der Waals surface area contributed by atoms with E-state index >= 15 is 0 Å². The summed E-state index contributed by atoms with van der Waals surface area (Å²) in [7, 11) is 1.76. The van der Waals surface area contributed by atoms with E-state index in [1.807, 2.05) is 0 Å². The maximum Gasteiger partial charge on any atom is 0.308 e. The van der Waals surface area contributed by atoms with Crippen molar-refractivity contribution >= 4 is 5.97 Å². The summed E-state index contributed by atoms with van der Waals surface area (Å²) in [5.74, 6) is -2.66. The average Bonchev–Trinajstić information content (AvgIpc) is 4.26. The van der Waals surface area contributed by atoms with Gasteiger partial charge in [-0.05, 0) is 80.8 Å². The maximum absolute atomic E-state index is 14.6. The summed E-state index contributed by atoms with van der Waals surface area (Å²) in [6.45, 7) is 20.3. The van der Waals surface area contributed by atoms with Gasteiger partial charge in [-0.1, -0.05) is 40.9 Å². The molecule has 0 radical (unpaired) electrons. The molecule has 0 amide bonds. The fourth-order valence-electron chi connectivity index (χ4n) is 17.9. The number of carbonyl (C=O) groups excluding carboxylic acids is 1. The number of aliphatic hydroxyl groups excluding tert-OH is 1. The standard InChI is InChI=1S/C60H89NO17/c1-28-15-34-9-11-38-29(2)16-36(65-38)13-14-58-27-57(7,64-8)56(78-58)46-21-45(74-58)55-39(68-46)12-10-35(67-55)17-50(63)72-54-33(6)53-43(69-42(54)19-40(66-34)32(28)5)20-41-47(70-53)24-60(73-41)25-48-52(77-60)31(4)23-59(76-48)22-30(3)51-44(75-59)18-37(62)49(26-61)71-51/h28,30-31,33-49,51-56,62H,2,5,9-27,61H2,1,3-4,6-8H3/t28-,30+,31+,33+,34+,35-,36+,37-,38+,39+,40-,41-,42+,43+,44+,45-,46-,47-,48+,49-,51+,52+,53+,54-,55+,56-,57-,58-,59-,60+/m1/s1. The van der Waals surface area contributed by atoms with Crippen molar-refractivity contribution in [3.05, 3.63) is 24.3 Å². The van der Waals surface area contributed by atoms with Crippen molar-refractivity contribution in [2.45, 2.75) is 307 Å². The molecule has 14 aliphatic heterocycles. The van der Waals surface area contributed by atoms with Crippen molar-refractivity contribution < 1.29 is 81.0 Å². The first-order valence-electron chi connectivity index (χ1n) is 30.5. The lowest BCUT2D eigenvalue weighted by Crippen LogP contribution is -2.63. The second kappa shape index (κ2) is 20.2. The Morgan fingerprint density at radius 3 is 2.08 bits per heavy atom. The van der Waals surface area contributed by atoms with E-state index in [-0.39, 0.29) is 152 Å². The molecule has 14 heterocycles. The number of fused-ring (bicyclic) bond motifs is 13. The highest BCUT2D eigenvalue weighted by atomic mass is 16.8. The first-order chi connectivity index (χ1) is 37.4. The van der Waals surface area contributed by atoms with Gasteiger partial charge in [-0.15, -0.1) is 0 Å². The number of ether oxygens (including phenoxy) is 15. The van der Waals surface area contributed by atoms with Crippen molar-refractivity contribution in [2.24, 2.45) is 29.4 Å². The highest BCUT2D eigenvalue weighted by molar-refractivity contribution is 5.70. The summed E-state index contributed by atoms with van der Waals surface area (Å²) >= 11 is 0. The van der Waals surface area contributed by atoms with Gasteiger partial charge in [0.1, 0.15) is 18.3 Å². The van der Waals surface area contributed by atoms with E-state index in [2.05, 4.69) is 47.8 Å². The van der Waals surface area contributed by atoms with Crippen molar-refractivity contribution in [3.63, 3.8) is 0 Å². The van der Waals surface area contributed by atoms with E-state index in [1.54, 1.807) is 7.11 Å². The number of rotatable bonds is 2. The highest BCUT2D eigenvalue weighted by Gasteiger charge is 2.67. The third-order valence-electron chi connectivity index (χ3n) is 21.8. The Labute approximate surface area is 460 Å². The molecule has 3 spiro atoms. The largest absolute Gasteiger partial charge is 0.459 e. The minimum Gasteiger partial charge on any atom is -0.459 e. The molecule has 3 N–H and O–H groups in total. The molecule has 18 heteroatoms. The third kappa shape index (κ3) is 9.47. The summed E-state index contributed by atoms with van der Waals surface area (Å²) in [4.78, 5) is 14.6. The molecule has 0 unspecified atom stereocenters. The number of aliphatic hydroxyl groups is 1. The Bertz CT molecular complexity index is 2290. The lowest BCUT2D eigenvalue weighted by Gasteiger charge is -2.54. The van der Waals surface area contributed by atoms with Crippen LogP contribution in [0.25, 0.3) is 0 Å². The lowest BCUT2D eigenvalue weighted by molar-refractivity contribution is -0.370. The zero-order valence-corrected chi connectivity index (χ0v) is 46.9. The second-order valence-corrected chi connectivity index (χ2v) is 27.4. The summed E-state index contributed by atoms with van der Waals surface area (Å²) in [5, 5.41) is 10.9. The van der Waals surface area contributed by atoms with Gasteiger partial charge >= 0.3 is 5.97 Å². The molecular formula is C60H89NO17. The van der Waals surface area contributed by atoms with Crippen molar-refractivity contribution in [1.29, 1.82) is 0 Å². The molecular weight excluding hydrogens is 1010 g/mol. The normalized spacial score (nSPS) is 57.7. The molecule has 0 aromatic rings. The Kier molecular flexibility index (Phi) is 14.1. The van der Waals surface area contributed by atoms with Gasteiger partial charge in [0.2, 0.25) is 0 Å². The fourth-order valence-corrected chi connectivity index (χ4v) is 17.9. The number of nitrogens with two attached hydrogens (primary N) is 1. The Hall–Kier alpha value is -1.69. The van der Waals surface area contributed by atoms with Crippen molar-refractivity contribution in [3.8, 4) is 0 Å². The predicted molar refractivity (Wildman–Crippen MR) is 276 cm³/mol. The van der Waals surface area contributed by atoms with Gasteiger partial charge in [-0.3, -0.25) is 4.79 Å². The number of hydrogen-bond donors (Lipinski definition) is 2. The van der Waals surface area contributed by atoms with E-state index in [1.165, 1.54) is 0 Å². The monoisotopic (exact) mass is 1100 g/mol. The van der Waals surface area contributed by atoms with Gasteiger partial charge in [0, 0.05) is 83.8 Å². The van der Waals surface area contributed by atoms with Crippen molar-refractivity contribution in [1.82, 2.24) is 0 Å². The number of carbonyl (C=O) groups is 1. The Balaban J connectivity index is 0.697. The summed E-state index contributed by atoms with van der Waals surface area (Å²) in [6, 6.07) is 0. The zero-order valence-electron chi connectivity index (χ0n) is 46.9. The minimum atomic E-state index is -0.901. The van der Waals surface area contributed by atoms with E-state index in [0.717, 1.165) is 49.7 Å². The quantitative estimate of drug-likeness (QED) is 0.235. The van der Waals surface area contributed by atoms with Crippen LogP contribution in [0.2, 0.25) is 0 Å². The van der Waals surface area contributed by atoms with Crippen LogP contribution in [0.4, 0.5) is 0 Å². The van der Waals surface area contributed by atoms with Crippen LogP contribution in [-0.4, -0.2) is 182 Å². The van der Waals surface area contributed by atoms with Gasteiger partial charge in [-0.25, -0.2) is 0 Å². The van der Waals surface area contributed by atoms with Gasteiger partial charge in [-0.2, -0.15) is 0 Å². The van der Waals surface area contributed by atoms with Crippen LogP contribution >= 0.6 is 0 Å². The first kappa shape index (κ1) is 54.3. The van der Waals surface area contributed by atoms with Crippen LogP contribution < -0.4 is 5.73 Å². The highest BCUT2D eigenvalue weighted by Crippen LogP contribution is 2.57. The van der Waals surface area contributed by atoms with Crippen LogP contribution in [0.5, 0.6) is 0 Å². The molecule has 436 valence electrons. The maximum atomic E-state index is 14.6. The molecule has 0 aliphatic carbocycles. The molecule has 78 heavy (non-hydrogen) atoms. The van der Waals surface area contributed by atoms with Crippen LogP contribution in [0.15, 0.2) is 24.3 Å². The Morgan fingerprint density at radius 1 is 0.577 bits per heavy atom. The lowest BCUT2D eigenvalue weighted by atomic mass is 9.78. The van der Waals surface area contributed by atoms with E-state index in [4.69, 9.17) is 76.8 Å². The molecule has 18 nitrogen and oxygen atoms in total. The van der Waals surface area contributed by atoms with E-state index in [0.29, 0.717) is 70.6 Å². The van der Waals surface area contributed by atoms with E-state index < -0.39 is 47.4 Å². The summed E-state index contributed by atoms with van der Waals surface area (Å²) < 4.78 is 103. The molecule has 0 saturated carbocycles. The molecule has 14 aliphatic rings. The topological polar surface area (TPSA) is 202 Å². The van der Waals surface area contributed by atoms with Crippen molar-refractivity contribution in [2.75, 3.05) is 13.7 Å². The number of hydrogen-bond acceptors (Lipinski definition) is 18. The van der Waals surface area contributed by atoms with Crippen LogP contribution in [0, 0.1) is 23.7 Å². The molecule has 14 rings (SSSR count). The van der Waals surface area contributed by atoms with Gasteiger partial charge in [0.25, 0.3) is 0 Å². The second-order valence-electron chi connectivity index (χ2n) is 27.4. The predicted octanol–water partition coefficient (Wildman–Crippen LogP) is 6.17. The smallest absolute Gasteiger partial charge is 0.308 e. The fraction of sp³-hybridized carbons (Fsp3) is 0.917.